The number of rotatable bonds is 9. The number of nitrogens with zero attached hydrogens (tertiary/aromatic N) is 3. The Morgan fingerprint density at radius 3 is 2.47 bits per heavy atom. The molecule has 0 radical (unpaired) electrons. The van der Waals surface area contributed by atoms with Crippen LogP contribution in [0.3, 0.4) is 0 Å². The number of hydrogen-bond donors (Lipinski definition) is 1. The minimum Gasteiger partial charge on any atom is -0.468 e. The van der Waals surface area contributed by atoms with Gasteiger partial charge >= 0.3 is 0 Å². The van der Waals surface area contributed by atoms with Gasteiger partial charge in [-0.05, 0) is 55.8 Å². The summed E-state index contributed by atoms with van der Waals surface area (Å²) in [7, 11) is -3.92. The predicted octanol–water partition coefficient (Wildman–Crippen LogP) is 3.84. The molecule has 0 saturated carbocycles. The number of imidazole rings is 1. The van der Waals surface area contributed by atoms with Crippen molar-refractivity contribution in [2.45, 2.75) is 31.3 Å². The van der Waals surface area contributed by atoms with Crippen molar-refractivity contribution in [3.63, 3.8) is 0 Å². The van der Waals surface area contributed by atoms with Crippen LogP contribution in [0.2, 0.25) is 0 Å². The van der Waals surface area contributed by atoms with E-state index in [1.54, 1.807) is 48.9 Å². The van der Waals surface area contributed by atoms with E-state index in [0.717, 1.165) is 21.1 Å². The third-order valence-electron chi connectivity index (χ3n) is 5.46. The second-order valence-corrected chi connectivity index (χ2v) is 9.95. The normalized spacial score (nSPS) is 12.6. The van der Waals surface area contributed by atoms with Gasteiger partial charge in [0.1, 0.15) is 5.76 Å². The molecule has 0 fully saturated rings. The highest BCUT2D eigenvalue weighted by Gasteiger charge is 2.28. The van der Waals surface area contributed by atoms with Crippen LogP contribution in [0.1, 0.15) is 29.9 Å². The van der Waals surface area contributed by atoms with Crippen molar-refractivity contribution in [3.05, 3.63) is 103 Å². The van der Waals surface area contributed by atoms with E-state index in [2.05, 4.69) is 10.3 Å². The maximum absolute atomic E-state index is 13.3. The molecule has 0 saturated heterocycles. The lowest BCUT2D eigenvalue weighted by Crippen LogP contribution is -2.41. The van der Waals surface area contributed by atoms with Gasteiger partial charge in [-0.2, -0.15) is 4.31 Å². The van der Waals surface area contributed by atoms with Crippen LogP contribution in [0.5, 0.6) is 0 Å². The maximum atomic E-state index is 13.3. The minimum absolute atomic E-state index is 0.0510. The molecule has 1 N–H and O–H groups in total. The van der Waals surface area contributed by atoms with Crippen molar-refractivity contribution in [1.82, 2.24) is 19.2 Å². The Morgan fingerprint density at radius 1 is 1.12 bits per heavy atom. The Hall–Kier alpha value is -3.69. The van der Waals surface area contributed by atoms with Gasteiger partial charge in [-0.15, -0.1) is 0 Å². The van der Waals surface area contributed by atoms with E-state index in [-0.39, 0.29) is 24.0 Å². The molecule has 0 aliphatic carbocycles. The van der Waals surface area contributed by atoms with E-state index < -0.39 is 15.9 Å². The van der Waals surface area contributed by atoms with Crippen LogP contribution in [-0.4, -0.2) is 34.7 Å². The van der Waals surface area contributed by atoms with Crippen LogP contribution >= 0.6 is 0 Å². The third kappa shape index (κ3) is 5.44. The van der Waals surface area contributed by atoms with Gasteiger partial charge in [0, 0.05) is 18.1 Å². The highest BCUT2D eigenvalue weighted by molar-refractivity contribution is 7.89. The first-order valence-corrected chi connectivity index (χ1v) is 12.2. The van der Waals surface area contributed by atoms with E-state index in [1.165, 1.54) is 6.26 Å². The largest absolute Gasteiger partial charge is 0.468 e. The molecule has 0 aliphatic heterocycles. The zero-order chi connectivity index (χ0) is 24.1. The van der Waals surface area contributed by atoms with Gasteiger partial charge in [-0.1, -0.05) is 29.8 Å². The quantitative estimate of drug-likeness (QED) is 0.394. The highest BCUT2D eigenvalue weighted by atomic mass is 32.2. The van der Waals surface area contributed by atoms with E-state index in [1.807, 2.05) is 48.9 Å². The Morgan fingerprint density at radius 2 is 1.85 bits per heavy atom. The summed E-state index contributed by atoms with van der Waals surface area (Å²) in [5.74, 6) is 0.0417. The zero-order valence-electron chi connectivity index (χ0n) is 19.0. The Bertz CT molecular complexity index is 1310. The standard InChI is InChI=1S/C25H26N4O4S/c1-19-5-11-24(12-6-19)34(31,32)29(16-23-4-3-15-33-23)17-25(30)27-20(2)21-7-9-22(10-8-21)28-14-13-26-18-28/h3-15,18,20H,16-17H2,1-2H3,(H,27,30)/t20-/m0/s1. The summed E-state index contributed by atoms with van der Waals surface area (Å²) in [6.07, 6.45) is 6.74. The number of carbonyl (C=O) groups excluding carboxylic acids is 1. The fourth-order valence-electron chi connectivity index (χ4n) is 3.54. The molecule has 1 atom stereocenters. The van der Waals surface area contributed by atoms with Crippen LogP contribution < -0.4 is 5.32 Å². The first kappa shape index (κ1) is 23.5. The average Bonchev–Trinajstić information content (AvgIpc) is 3.54. The van der Waals surface area contributed by atoms with Crippen molar-refractivity contribution in [2.24, 2.45) is 0 Å². The first-order chi connectivity index (χ1) is 16.3. The number of aryl methyl sites for hydroxylation is 1. The molecule has 34 heavy (non-hydrogen) atoms. The summed E-state index contributed by atoms with van der Waals surface area (Å²) in [6, 6.07) is 17.3. The molecule has 0 unspecified atom stereocenters. The maximum Gasteiger partial charge on any atom is 0.243 e. The summed E-state index contributed by atoms with van der Waals surface area (Å²) in [6.45, 7) is 3.35. The second kappa shape index (κ2) is 10.1. The average molecular weight is 479 g/mol. The number of benzene rings is 2. The molecule has 2 heterocycles. The number of nitrogens with one attached hydrogen (secondary N) is 1. The van der Waals surface area contributed by atoms with Gasteiger partial charge in [-0.3, -0.25) is 4.79 Å². The van der Waals surface area contributed by atoms with Crippen LogP contribution in [-0.2, 0) is 21.4 Å². The van der Waals surface area contributed by atoms with Crippen LogP contribution in [0.4, 0.5) is 0 Å². The molecule has 4 rings (SSSR count). The smallest absolute Gasteiger partial charge is 0.243 e. The van der Waals surface area contributed by atoms with Crippen LogP contribution in [0.25, 0.3) is 5.69 Å². The fourth-order valence-corrected chi connectivity index (χ4v) is 4.90. The second-order valence-electron chi connectivity index (χ2n) is 8.02. The van der Waals surface area contributed by atoms with Gasteiger partial charge in [0.25, 0.3) is 0 Å². The number of furan rings is 1. The van der Waals surface area contributed by atoms with Gasteiger partial charge < -0.3 is 14.3 Å². The van der Waals surface area contributed by atoms with Crippen molar-refractivity contribution in [3.8, 4) is 5.69 Å². The van der Waals surface area contributed by atoms with Gasteiger partial charge in [0.15, 0.2) is 0 Å². The molecule has 8 nitrogen and oxygen atoms in total. The highest BCUT2D eigenvalue weighted by Crippen LogP contribution is 2.20. The lowest BCUT2D eigenvalue weighted by molar-refractivity contribution is -0.122. The van der Waals surface area contributed by atoms with Crippen LogP contribution in [0, 0.1) is 6.92 Å². The summed E-state index contributed by atoms with van der Waals surface area (Å²) in [4.78, 5) is 17.1. The zero-order valence-corrected chi connectivity index (χ0v) is 19.8. The van der Waals surface area contributed by atoms with E-state index in [9.17, 15) is 13.2 Å². The summed E-state index contributed by atoms with van der Waals surface area (Å²) >= 11 is 0. The number of hydrogen-bond acceptors (Lipinski definition) is 5. The minimum atomic E-state index is -3.92. The van der Waals surface area contributed by atoms with Gasteiger partial charge in [-0.25, -0.2) is 13.4 Å². The van der Waals surface area contributed by atoms with E-state index in [4.69, 9.17) is 4.42 Å². The summed E-state index contributed by atoms with van der Waals surface area (Å²) in [5, 5.41) is 2.90. The third-order valence-corrected chi connectivity index (χ3v) is 7.27. The Balaban J connectivity index is 1.48. The van der Waals surface area contributed by atoms with Crippen LogP contribution in [0.15, 0.2) is 95.0 Å². The molecule has 176 valence electrons. The molecule has 9 heteroatoms. The van der Waals surface area contributed by atoms with Crippen molar-refractivity contribution < 1.29 is 17.6 Å². The molecule has 2 aromatic heterocycles. The molecular weight excluding hydrogens is 452 g/mol. The molecule has 1 amide bonds. The Kier molecular flexibility index (Phi) is 6.95. The number of carbonyl (C=O) groups is 1. The molecule has 0 aliphatic rings. The number of amides is 1. The first-order valence-electron chi connectivity index (χ1n) is 10.8. The molecule has 0 spiro atoms. The molecule has 2 aromatic carbocycles. The lowest BCUT2D eigenvalue weighted by atomic mass is 10.1. The number of aromatic nitrogens is 2. The molecule has 4 aromatic rings. The topological polar surface area (TPSA) is 97.4 Å². The van der Waals surface area contributed by atoms with Crippen molar-refractivity contribution >= 4 is 15.9 Å². The summed E-state index contributed by atoms with van der Waals surface area (Å²) < 4.78 is 35.0. The van der Waals surface area contributed by atoms with Gasteiger partial charge in [0.05, 0.1) is 36.6 Å². The van der Waals surface area contributed by atoms with Crippen molar-refractivity contribution in [2.75, 3.05) is 6.54 Å². The van der Waals surface area contributed by atoms with Gasteiger partial charge in [0.2, 0.25) is 15.9 Å². The Labute approximate surface area is 198 Å². The number of sulfonamides is 1. The molecular formula is C25H26N4O4S. The monoisotopic (exact) mass is 478 g/mol. The van der Waals surface area contributed by atoms with E-state index in [0.29, 0.717) is 5.76 Å². The molecule has 0 bridgehead atoms. The van der Waals surface area contributed by atoms with E-state index >= 15 is 0 Å². The summed E-state index contributed by atoms with van der Waals surface area (Å²) in [5.41, 5.74) is 2.80. The predicted molar refractivity (Wildman–Crippen MR) is 128 cm³/mol. The SMILES string of the molecule is Cc1ccc(S(=O)(=O)N(CC(=O)N[C@@H](C)c2ccc(-n3ccnc3)cc2)Cc2ccco2)cc1. The van der Waals surface area contributed by atoms with Crippen molar-refractivity contribution in [1.29, 1.82) is 0 Å². The fraction of sp³-hybridized carbons (Fsp3) is 0.200. The lowest BCUT2D eigenvalue weighted by Gasteiger charge is -2.22.